The maximum atomic E-state index is 12.9. The summed E-state index contributed by atoms with van der Waals surface area (Å²) in [7, 11) is 1.58. The average Bonchev–Trinajstić information content (AvgIpc) is 3.35. The Hall–Kier alpha value is -3.36. The molecule has 0 spiro atoms. The Morgan fingerprint density at radius 2 is 2.00 bits per heavy atom. The molecule has 0 bridgehead atoms. The Labute approximate surface area is 170 Å². The number of halogens is 3. The smallest absolute Gasteiger partial charge is 0.416 e. The number of nitrogens with zero attached hydrogens (tertiary/aromatic N) is 3. The van der Waals surface area contributed by atoms with Gasteiger partial charge in [0.05, 0.1) is 18.6 Å². The highest BCUT2D eigenvalue weighted by Crippen LogP contribution is 2.33. The van der Waals surface area contributed by atoms with Gasteiger partial charge in [-0.05, 0) is 29.8 Å². The van der Waals surface area contributed by atoms with Crippen molar-refractivity contribution in [2.75, 3.05) is 13.7 Å². The Morgan fingerprint density at radius 3 is 2.77 bits per heavy atom. The molecule has 156 valence electrons. The molecule has 2 heterocycles. The van der Waals surface area contributed by atoms with Crippen molar-refractivity contribution in [3.05, 3.63) is 65.5 Å². The minimum Gasteiger partial charge on any atom is -0.497 e. The summed E-state index contributed by atoms with van der Waals surface area (Å²) in [5, 5.41) is 3.81. The van der Waals surface area contributed by atoms with E-state index in [4.69, 9.17) is 9.26 Å². The van der Waals surface area contributed by atoms with Crippen LogP contribution in [0.15, 0.2) is 53.1 Å². The monoisotopic (exact) mass is 417 g/mol. The lowest BCUT2D eigenvalue weighted by molar-refractivity contribution is -0.137. The first-order valence-electron chi connectivity index (χ1n) is 9.25. The van der Waals surface area contributed by atoms with Crippen LogP contribution in [0, 0.1) is 0 Å². The molecule has 1 atom stereocenters. The zero-order valence-electron chi connectivity index (χ0n) is 16.0. The van der Waals surface area contributed by atoms with Crippen molar-refractivity contribution >= 4 is 5.91 Å². The van der Waals surface area contributed by atoms with E-state index in [1.165, 1.54) is 12.1 Å². The van der Waals surface area contributed by atoms with Crippen molar-refractivity contribution in [2.45, 2.75) is 25.1 Å². The summed E-state index contributed by atoms with van der Waals surface area (Å²) in [6.07, 6.45) is -4.25. The summed E-state index contributed by atoms with van der Waals surface area (Å²) in [5.74, 6) is 0.647. The van der Waals surface area contributed by atoms with Gasteiger partial charge in [0.25, 0.3) is 0 Å². The Balaban J connectivity index is 1.48. The molecule has 0 N–H and O–H groups in total. The van der Waals surface area contributed by atoms with Crippen molar-refractivity contribution in [1.82, 2.24) is 15.0 Å². The summed E-state index contributed by atoms with van der Waals surface area (Å²) >= 11 is 0. The lowest BCUT2D eigenvalue weighted by atomic mass is 10.1. The summed E-state index contributed by atoms with van der Waals surface area (Å²) in [4.78, 5) is 18.4. The number of carbonyl (C=O) groups is 1. The average molecular weight is 417 g/mol. The van der Waals surface area contributed by atoms with E-state index in [2.05, 4.69) is 10.1 Å². The van der Waals surface area contributed by atoms with Crippen LogP contribution in [0.4, 0.5) is 13.2 Å². The molecule has 1 aliphatic heterocycles. The first kappa shape index (κ1) is 19.9. The van der Waals surface area contributed by atoms with E-state index in [9.17, 15) is 18.0 Å². The number of rotatable bonds is 5. The highest BCUT2D eigenvalue weighted by molar-refractivity contribution is 5.79. The minimum absolute atomic E-state index is 0.0540. The van der Waals surface area contributed by atoms with Crippen LogP contribution in [0.1, 0.15) is 29.4 Å². The van der Waals surface area contributed by atoms with E-state index in [-0.39, 0.29) is 35.5 Å². The lowest BCUT2D eigenvalue weighted by Crippen LogP contribution is -2.24. The van der Waals surface area contributed by atoms with Gasteiger partial charge in [-0.25, -0.2) is 0 Å². The van der Waals surface area contributed by atoms with Gasteiger partial charge in [-0.2, -0.15) is 18.2 Å². The van der Waals surface area contributed by atoms with Gasteiger partial charge >= 0.3 is 6.18 Å². The van der Waals surface area contributed by atoms with E-state index < -0.39 is 11.7 Å². The van der Waals surface area contributed by atoms with Gasteiger partial charge in [0.2, 0.25) is 17.6 Å². The minimum atomic E-state index is -4.46. The summed E-state index contributed by atoms with van der Waals surface area (Å²) < 4.78 is 49.3. The van der Waals surface area contributed by atoms with Gasteiger partial charge in [-0.15, -0.1) is 0 Å². The number of hydrogen-bond donors (Lipinski definition) is 0. The first-order valence-corrected chi connectivity index (χ1v) is 9.25. The largest absolute Gasteiger partial charge is 0.497 e. The van der Waals surface area contributed by atoms with Crippen LogP contribution in [0.5, 0.6) is 5.75 Å². The molecule has 0 radical (unpaired) electrons. The van der Waals surface area contributed by atoms with Crippen LogP contribution in [0.2, 0.25) is 0 Å². The SMILES string of the molecule is COc1cccc(CN2CC(c3nc(-c4cccc(C(F)(F)F)c4)no3)CC2=O)c1. The number of methoxy groups -OCH3 is 1. The highest BCUT2D eigenvalue weighted by Gasteiger charge is 2.35. The maximum Gasteiger partial charge on any atom is 0.416 e. The molecule has 1 unspecified atom stereocenters. The van der Waals surface area contributed by atoms with Crippen LogP contribution in [-0.4, -0.2) is 34.6 Å². The standard InChI is InChI=1S/C21H18F3N3O3/c1-29-17-7-2-4-13(8-17)11-27-12-15(10-18(27)28)20-25-19(26-30-20)14-5-3-6-16(9-14)21(22,23)24/h2-9,15H,10-12H2,1H3. The number of hydrogen-bond acceptors (Lipinski definition) is 5. The van der Waals surface area contributed by atoms with Crippen molar-refractivity contribution in [3.8, 4) is 17.1 Å². The van der Waals surface area contributed by atoms with Gasteiger partial charge in [0.1, 0.15) is 5.75 Å². The Kier molecular flexibility index (Phi) is 5.19. The lowest BCUT2D eigenvalue weighted by Gasteiger charge is -2.16. The second kappa shape index (κ2) is 7.81. The van der Waals surface area contributed by atoms with Crippen molar-refractivity contribution in [1.29, 1.82) is 0 Å². The topological polar surface area (TPSA) is 68.5 Å². The summed E-state index contributed by atoms with van der Waals surface area (Å²) in [6, 6.07) is 12.2. The predicted octanol–water partition coefficient (Wildman–Crippen LogP) is 4.28. The fourth-order valence-corrected chi connectivity index (χ4v) is 3.43. The van der Waals surface area contributed by atoms with Crippen LogP contribution in [0.3, 0.4) is 0 Å². The molecule has 1 amide bonds. The predicted molar refractivity (Wildman–Crippen MR) is 101 cm³/mol. The second-order valence-electron chi connectivity index (χ2n) is 7.06. The normalized spacial score (nSPS) is 16.9. The molecule has 2 aromatic carbocycles. The third kappa shape index (κ3) is 4.14. The molecule has 1 saturated heterocycles. The molecule has 6 nitrogen and oxygen atoms in total. The molecule has 0 saturated carbocycles. The van der Waals surface area contributed by atoms with Gasteiger partial charge in [0.15, 0.2) is 0 Å². The van der Waals surface area contributed by atoms with Crippen LogP contribution in [-0.2, 0) is 17.5 Å². The van der Waals surface area contributed by atoms with Crippen LogP contribution < -0.4 is 4.74 Å². The van der Waals surface area contributed by atoms with Crippen molar-refractivity contribution in [3.63, 3.8) is 0 Å². The van der Waals surface area contributed by atoms with Crippen molar-refractivity contribution < 1.29 is 27.2 Å². The number of likely N-dealkylation sites (tertiary alicyclic amines) is 1. The van der Waals surface area contributed by atoms with Gasteiger partial charge in [-0.1, -0.05) is 29.4 Å². The molecule has 1 aliphatic rings. The first-order chi connectivity index (χ1) is 14.3. The van der Waals surface area contributed by atoms with Gasteiger partial charge < -0.3 is 14.2 Å². The number of aromatic nitrogens is 2. The molecule has 30 heavy (non-hydrogen) atoms. The number of carbonyl (C=O) groups excluding carboxylic acids is 1. The van der Waals surface area contributed by atoms with E-state index >= 15 is 0 Å². The molecule has 1 aromatic heterocycles. The third-order valence-corrected chi connectivity index (χ3v) is 4.96. The van der Waals surface area contributed by atoms with E-state index in [1.807, 2.05) is 24.3 Å². The third-order valence-electron chi connectivity index (χ3n) is 4.96. The molecule has 0 aliphatic carbocycles. The van der Waals surface area contributed by atoms with Gasteiger partial charge in [0, 0.05) is 25.1 Å². The number of amides is 1. The van der Waals surface area contributed by atoms with Crippen LogP contribution >= 0.6 is 0 Å². The Morgan fingerprint density at radius 1 is 1.20 bits per heavy atom. The van der Waals surface area contributed by atoms with Gasteiger partial charge in [-0.3, -0.25) is 4.79 Å². The zero-order valence-corrected chi connectivity index (χ0v) is 16.0. The fraction of sp³-hybridized carbons (Fsp3) is 0.286. The molecular formula is C21H18F3N3O3. The molecule has 3 aromatic rings. The summed E-state index contributed by atoms with van der Waals surface area (Å²) in [5.41, 5.74) is 0.350. The summed E-state index contributed by atoms with van der Waals surface area (Å²) in [6.45, 7) is 0.807. The van der Waals surface area contributed by atoms with E-state index in [0.717, 1.165) is 17.7 Å². The zero-order chi connectivity index (χ0) is 21.3. The molecule has 4 rings (SSSR count). The highest BCUT2D eigenvalue weighted by atomic mass is 19.4. The quantitative estimate of drug-likeness (QED) is 0.620. The Bertz CT molecular complexity index is 1060. The second-order valence-corrected chi connectivity index (χ2v) is 7.06. The van der Waals surface area contributed by atoms with E-state index in [0.29, 0.717) is 18.8 Å². The fourth-order valence-electron chi connectivity index (χ4n) is 3.43. The van der Waals surface area contributed by atoms with Crippen LogP contribution in [0.25, 0.3) is 11.4 Å². The van der Waals surface area contributed by atoms with E-state index in [1.54, 1.807) is 12.0 Å². The number of ether oxygens (including phenoxy) is 1. The maximum absolute atomic E-state index is 12.9. The number of alkyl halides is 3. The molecule has 9 heteroatoms. The molecule has 1 fully saturated rings. The molecular weight excluding hydrogens is 399 g/mol. The number of benzene rings is 2. The van der Waals surface area contributed by atoms with Crippen molar-refractivity contribution in [2.24, 2.45) is 0 Å².